The van der Waals surface area contributed by atoms with E-state index in [0.717, 1.165) is 46.2 Å². The standard InChI is InChI=1S/C24H27N5O3/c1-22(2)13-23(8-9-30-22)14-24(27-21(25)29(3)32-24)18-10-15(6-7-20(18)31-23)16-4-5-17-12-26-28-19(17)11-16/h4-7,10-12H,8-9,13-14H2,1-3H3,(H2,25,27)(H,26,28). The number of hydroxylamine groups is 2. The number of aliphatic imine (C=N–C) groups is 1. The van der Waals surface area contributed by atoms with E-state index in [1.54, 1.807) is 12.1 Å². The fourth-order valence-corrected chi connectivity index (χ4v) is 5.42. The Bertz CT molecular complexity index is 1250. The van der Waals surface area contributed by atoms with Crippen LogP contribution in [0.2, 0.25) is 0 Å². The number of aromatic amines is 1. The van der Waals surface area contributed by atoms with Crippen LogP contribution in [0.4, 0.5) is 0 Å². The van der Waals surface area contributed by atoms with Crippen LogP contribution in [0, 0.1) is 0 Å². The first-order chi connectivity index (χ1) is 15.3. The summed E-state index contributed by atoms with van der Waals surface area (Å²) < 4.78 is 12.7. The fraction of sp³-hybridized carbons (Fsp3) is 0.417. The van der Waals surface area contributed by atoms with E-state index >= 15 is 0 Å². The Morgan fingerprint density at radius 3 is 2.69 bits per heavy atom. The van der Waals surface area contributed by atoms with Gasteiger partial charge < -0.3 is 15.2 Å². The molecule has 0 saturated carbocycles. The summed E-state index contributed by atoms with van der Waals surface area (Å²) in [7, 11) is 1.79. The van der Waals surface area contributed by atoms with Gasteiger partial charge in [0, 0.05) is 31.7 Å². The number of nitrogens with zero attached hydrogens (tertiary/aromatic N) is 3. The van der Waals surface area contributed by atoms with Crippen molar-refractivity contribution in [3.8, 4) is 16.9 Å². The summed E-state index contributed by atoms with van der Waals surface area (Å²) in [5.74, 6) is 1.15. The topological polar surface area (TPSA) is 98.0 Å². The molecule has 8 nitrogen and oxygen atoms in total. The van der Waals surface area contributed by atoms with Gasteiger partial charge in [0.2, 0.25) is 11.7 Å². The number of guanidine groups is 1. The van der Waals surface area contributed by atoms with E-state index in [1.165, 1.54) is 0 Å². The van der Waals surface area contributed by atoms with E-state index in [9.17, 15) is 0 Å². The van der Waals surface area contributed by atoms with Gasteiger partial charge in [-0.05, 0) is 43.2 Å². The van der Waals surface area contributed by atoms with E-state index in [-0.39, 0.29) is 5.60 Å². The van der Waals surface area contributed by atoms with E-state index in [0.29, 0.717) is 19.0 Å². The lowest BCUT2D eigenvalue weighted by molar-refractivity contribution is -0.224. The molecule has 4 heterocycles. The predicted octanol–water partition coefficient (Wildman–Crippen LogP) is 3.68. The molecule has 1 fully saturated rings. The molecule has 1 saturated heterocycles. The molecule has 2 atom stereocenters. The summed E-state index contributed by atoms with van der Waals surface area (Å²) >= 11 is 0. The van der Waals surface area contributed by atoms with Crippen molar-refractivity contribution in [2.24, 2.45) is 10.7 Å². The normalized spacial score (nSPS) is 28.7. The molecule has 2 aromatic carbocycles. The van der Waals surface area contributed by atoms with E-state index in [4.69, 9.17) is 25.0 Å². The van der Waals surface area contributed by atoms with Crippen LogP contribution < -0.4 is 10.5 Å². The fourth-order valence-electron chi connectivity index (χ4n) is 5.42. The number of rotatable bonds is 1. The molecule has 2 spiro atoms. The minimum absolute atomic E-state index is 0.282. The Morgan fingerprint density at radius 2 is 1.91 bits per heavy atom. The number of benzene rings is 2. The van der Waals surface area contributed by atoms with Crippen LogP contribution in [0.3, 0.4) is 0 Å². The molecule has 3 aliphatic heterocycles. The molecule has 32 heavy (non-hydrogen) atoms. The first kappa shape index (κ1) is 19.6. The Balaban J connectivity index is 1.48. The second-order valence-electron chi connectivity index (χ2n) is 9.72. The van der Waals surface area contributed by atoms with Crippen LogP contribution in [0.15, 0.2) is 47.6 Å². The Hall–Kier alpha value is -3.10. The molecule has 8 heteroatoms. The van der Waals surface area contributed by atoms with Crippen molar-refractivity contribution in [3.63, 3.8) is 0 Å². The quantitative estimate of drug-likeness (QED) is 0.608. The summed E-state index contributed by atoms with van der Waals surface area (Å²) in [5, 5.41) is 9.80. The van der Waals surface area contributed by atoms with Crippen LogP contribution >= 0.6 is 0 Å². The highest BCUT2D eigenvalue weighted by Crippen LogP contribution is 2.54. The molecular formula is C24H27N5O3. The number of fused-ring (bicyclic) bond motifs is 3. The number of nitrogens with two attached hydrogens (primary N) is 1. The summed E-state index contributed by atoms with van der Waals surface area (Å²) in [6.45, 7) is 4.84. The number of aromatic nitrogens is 2. The van der Waals surface area contributed by atoms with Gasteiger partial charge in [-0.15, -0.1) is 0 Å². The van der Waals surface area contributed by atoms with Gasteiger partial charge >= 0.3 is 0 Å². The maximum atomic E-state index is 6.70. The number of ether oxygens (including phenoxy) is 2. The highest BCUT2D eigenvalue weighted by atomic mass is 16.7. The monoisotopic (exact) mass is 433 g/mol. The summed E-state index contributed by atoms with van der Waals surface area (Å²) in [4.78, 5) is 11.2. The van der Waals surface area contributed by atoms with Crippen LogP contribution in [0.5, 0.6) is 5.75 Å². The molecule has 0 bridgehead atoms. The average molecular weight is 434 g/mol. The number of nitrogens with one attached hydrogen (secondary N) is 1. The highest BCUT2D eigenvalue weighted by Gasteiger charge is 2.57. The van der Waals surface area contributed by atoms with Crippen LogP contribution in [-0.4, -0.2) is 46.1 Å². The Morgan fingerprint density at radius 1 is 1.09 bits per heavy atom. The van der Waals surface area contributed by atoms with Gasteiger partial charge in [-0.3, -0.25) is 5.10 Å². The van der Waals surface area contributed by atoms with Crippen molar-refractivity contribution in [1.29, 1.82) is 0 Å². The van der Waals surface area contributed by atoms with Gasteiger partial charge in [-0.2, -0.15) is 5.10 Å². The number of hydrogen-bond acceptors (Lipinski definition) is 7. The molecule has 0 amide bonds. The van der Waals surface area contributed by atoms with E-state index in [2.05, 4.69) is 54.4 Å². The average Bonchev–Trinajstić information content (AvgIpc) is 3.30. The van der Waals surface area contributed by atoms with Crippen molar-refractivity contribution in [2.45, 2.75) is 50.0 Å². The van der Waals surface area contributed by atoms with E-state index in [1.807, 2.05) is 12.3 Å². The van der Waals surface area contributed by atoms with E-state index < -0.39 is 11.3 Å². The molecule has 3 aromatic rings. The zero-order valence-corrected chi connectivity index (χ0v) is 18.5. The second kappa shape index (κ2) is 6.46. The van der Waals surface area contributed by atoms with Gasteiger partial charge in [0.1, 0.15) is 11.4 Å². The zero-order valence-electron chi connectivity index (χ0n) is 18.5. The highest BCUT2D eigenvalue weighted by molar-refractivity contribution is 5.84. The van der Waals surface area contributed by atoms with Gasteiger partial charge in [-0.1, -0.05) is 18.2 Å². The third-order valence-electron chi connectivity index (χ3n) is 6.77. The van der Waals surface area contributed by atoms with Crippen molar-refractivity contribution >= 4 is 16.9 Å². The van der Waals surface area contributed by atoms with Gasteiger partial charge in [0.05, 0.1) is 29.5 Å². The minimum Gasteiger partial charge on any atom is -0.486 e. The molecule has 6 rings (SSSR count). The number of hydrogen-bond donors (Lipinski definition) is 2. The summed E-state index contributed by atoms with van der Waals surface area (Å²) in [5.41, 5.74) is 8.57. The van der Waals surface area contributed by atoms with Gasteiger partial charge in [0.25, 0.3) is 0 Å². The maximum absolute atomic E-state index is 6.70. The molecule has 166 valence electrons. The molecule has 1 aromatic heterocycles. The maximum Gasteiger partial charge on any atom is 0.222 e. The largest absolute Gasteiger partial charge is 0.486 e. The molecule has 0 aliphatic carbocycles. The zero-order chi connectivity index (χ0) is 22.1. The Labute approximate surface area is 186 Å². The number of H-pyrrole nitrogens is 1. The molecule has 3 aliphatic rings. The summed E-state index contributed by atoms with van der Waals surface area (Å²) in [6.07, 6.45) is 3.93. The van der Waals surface area contributed by atoms with Gasteiger partial charge in [-0.25, -0.2) is 14.9 Å². The van der Waals surface area contributed by atoms with Crippen LogP contribution in [0.1, 0.15) is 38.7 Å². The summed E-state index contributed by atoms with van der Waals surface area (Å²) in [6, 6.07) is 12.5. The molecule has 0 radical (unpaired) electrons. The van der Waals surface area contributed by atoms with Crippen molar-refractivity contribution < 1.29 is 14.3 Å². The lowest BCUT2D eigenvalue weighted by Crippen LogP contribution is -2.55. The lowest BCUT2D eigenvalue weighted by atomic mass is 9.75. The first-order valence-corrected chi connectivity index (χ1v) is 11.0. The molecule has 3 N–H and O–H groups in total. The minimum atomic E-state index is -0.923. The van der Waals surface area contributed by atoms with Gasteiger partial charge in [0.15, 0.2) is 0 Å². The smallest absolute Gasteiger partial charge is 0.222 e. The van der Waals surface area contributed by atoms with Crippen molar-refractivity contribution in [2.75, 3.05) is 13.7 Å². The predicted molar refractivity (Wildman–Crippen MR) is 121 cm³/mol. The van der Waals surface area contributed by atoms with Crippen molar-refractivity contribution in [1.82, 2.24) is 15.3 Å². The lowest BCUT2D eigenvalue weighted by Gasteiger charge is -2.50. The molecule has 2 unspecified atom stereocenters. The third kappa shape index (κ3) is 2.97. The van der Waals surface area contributed by atoms with Crippen LogP contribution in [0.25, 0.3) is 22.0 Å². The third-order valence-corrected chi connectivity index (χ3v) is 6.77. The van der Waals surface area contributed by atoms with Crippen molar-refractivity contribution in [3.05, 3.63) is 48.2 Å². The van der Waals surface area contributed by atoms with Crippen LogP contribution in [-0.2, 0) is 15.3 Å². The SMILES string of the molecule is CN1OC2(CC3(CCOC(C)(C)C3)Oc3ccc(-c4ccc5cn[nH]c5c4)cc32)N=C1N. The first-order valence-electron chi connectivity index (χ1n) is 11.0. The Kier molecular flexibility index (Phi) is 3.95. The second-order valence-corrected chi connectivity index (χ2v) is 9.72. The molecular weight excluding hydrogens is 406 g/mol.